The first-order valence-corrected chi connectivity index (χ1v) is 9.21. The van der Waals surface area contributed by atoms with Crippen molar-refractivity contribution in [1.29, 1.82) is 0 Å². The van der Waals surface area contributed by atoms with Crippen LogP contribution in [0.15, 0.2) is 79.1 Å². The Hall–Kier alpha value is -3.93. The second-order valence-corrected chi connectivity index (χ2v) is 6.47. The molecular weight excluding hydrogens is 364 g/mol. The number of hydrogen-bond donors (Lipinski definition) is 2. The van der Waals surface area contributed by atoms with Crippen molar-refractivity contribution in [1.82, 2.24) is 15.3 Å². The summed E-state index contributed by atoms with van der Waals surface area (Å²) in [6, 6.07) is 21.0. The number of benzene rings is 2. The second kappa shape index (κ2) is 8.39. The zero-order valence-electron chi connectivity index (χ0n) is 15.9. The highest BCUT2D eigenvalue weighted by molar-refractivity contribution is 5.95. The van der Waals surface area contributed by atoms with Crippen molar-refractivity contribution in [3.63, 3.8) is 0 Å². The van der Waals surface area contributed by atoms with Crippen LogP contribution in [0.3, 0.4) is 0 Å². The van der Waals surface area contributed by atoms with E-state index >= 15 is 0 Å². The minimum absolute atomic E-state index is 0.231. The first-order valence-electron chi connectivity index (χ1n) is 9.21. The van der Waals surface area contributed by atoms with Crippen LogP contribution in [-0.4, -0.2) is 23.0 Å². The van der Waals surface area contributed by atoms with E-state index in [4.69, 9.17) is 4.74 Å². The molecule has 0 aliphatic rings. The SMILES string of the molecule is COc1ccc2ccnc(Nc3ccnc(C(=O)NCc4ccccc4)c3)c2c1. The molecule has 2 aromatic heterocycles. The van der Waals surface area contributed by atoms with Gasteiger partial charge in [-0.05, 0) is 41.3 Å². The van der Waals surface area contributed by atoms with Gasteiger partial charge in [-0.25, -0.2) is 4.98 Å². The fourth-order valence-corrected chi connectivity index (χ4v) is 3.01. The Kier molecular flexibility index (Phi) is 5.33. The first-order chi connectivity index (χ1) is 14.2. The molecule has 0 bridgehead atoms. The maximum absolute atomic E-state index is 12.5. The third-order valence-corrected chi connectivity index (χ3v) is 4.52. The lowest BCUT2D eigenvalue weighted by Crippen LogP contribution is -2.23. The Labute approximate surface area is 168 Å². The maximum atomic E-state index is 12.5. The smallest absolute Gasteiger partial charge is 0.270 e. The molecule has 4 rings (SSSR count). The van der Waals surface area contributed by atoms with Crippen LogP contribution in [-0.2, 0) is 6.54 Å². The lowest BCUT2D eigenvalue weighted by Gasteiger charge is -2.11. The van der Waals surface area contributed by atoms with Gasteiger partial charge in [0, 0.05) is 30.0 Å². The Morgan fingerprint density at radius 2 is 1.79 bits per heavy atom. The molecule has 144 valence electrons. The fourth-order valence-electron chi connectivity index (χ4n) is 3.01. The van der Waals surface area contributed by atoms with Gasteiger partial charge in [-0.1, -0.05) is 36.4 Å². The van der Waals surface area contributed by atoms with E-state index in [1.807, 2.05) is 54.6 Å². The van der Waals surface area contributed by atoms with Crippen LogP contribution in [0.5, 0.6) is 5.75 Å². The molecule has 29 heavy (non-hydrogen) atoms. The normalized spacial score (nSPS) is 10.5. The zero-order valence-corrected chi connectivity index (χ0v) is 15.9. The summed E-state index contributed by atoms with van der Waals surface area (Å²) < 4.78 is 5.32. The van der Waals surface area contributed by atoms with Gasteiger partial charge in [0.15, 0.2) is 0 Å². The Morgan fingerprint density at radius 3 is 2.62 bits per heavy atom. The number of ether oxygens (including phenoxy) is 1. The standard InChI is InChI=1S/C23H20N4O2/c1-29-19-8-7-17-9-11-25-22(20(17)14-19)27-18-10-12-24-21(13-18)23(28)26-15-16-5-3-2-4-6-16/h2-14H,15H2,1H3,(H,26,28)(H,24,25,27). The summed E-state index contributed by atoms with van der Waals surface area (Å²) >= 11 is 0. The van der Waals surface area contributed by atoms with Crippen molar-refractivity contribution in [3.05, 3.63) is 90.4 Å². The van der Waals surface area contributed by atoms with E-state index in [0.29, 0.717) is 18.1 Å². The van der Waals surface area contributed by atoms with E-state index in [1.54, 1.807) is 31.6 Å². The predicted molar refractivity (Wildman–Crippen MR) is 113 cm³/mol. The lowest BCUT2D eigenvalue weighted by molar-refractivity contribution is 0.0946. The number of anilines is 2. The molecule has 0 fully saturated rings. The number of rotatable bonds is 6. The Bertz CT molecular complexity index is 1150. The quantitative estimate of drug-likeness (QED) is 0.518. The molecular formula is C23H20N4O2. The van der Waals surface area contributed by atoms with Crippen molar-refractivity contribution in [3.8, 4) is 5.75 Å². The average molecular weight is 384 g/mol. The van der Waals surface area contributed by atoms with E-state index in [2.05, 4.69) is 20.6 Å². The number of amides is 1. The molecule has 0 atom stereocenters. The van der Waals surface area contributed by atoms with Crippen LogP contribution in [0.1, 0.15) is 16.1 Å². The number of fused-ring (bicyclic) bond motifs is 1. The van der Waals surface area contributed by atoms with Gasteiger partial charge in [0.2, 0.25) is 0 Å². The number of nitrogens with one attached hydrogen (secondary N) is 2. The summed E-state index contributed by atoms with van der Waals surface area (Å²) in [6.45, 7) is 0.448. The fraction of sp³-hybridized carbons (Fsp3) is 0.0870. The summed E-state index contributed by atoms with van der Waals surface area (Å²) in [5, 5.41) is 8.14. The van der Waals surface area contributed by atoms with Gasteiger partial charge in [-0.3, -0.25) is 9.78 Å². The summed E-state index contributed by atoms with van der Waals surface area (Å²) in [7, 11) is 1.63. The third kappa shape index (κ3) is 4.32. The zero-order chi connectivity index (χ0) is 20.1. The predicted octanol–water partition coefficient (Wildman–Crippen LogP) is 4.31. The highest BCUT2D eigenvalue weighted by Crippen LogP contribution is 2.27. The average Bonchev–Trinajstić information content (AvgIpc) is 2.78. The molecule has 0 radical (unpaired) electrons. The molecule has 0 saturated carbocycles. The molecule has 2 aromatic carbocycles. The molecule has 0 spiro atoms. The van der Waals surface area contributed by atoms with E-state index in [1.165, 1.54) is 0 Å². The van der Waals surface area contributed by atoms with Crippen LogP contribution in [0.4, 0.5) is 11.5 Å². The summed E-state index contributed by atoms with van der Waals surface area (Å²) in [6.07, 6.45) is 3.34. The van der Waals surface area contributed by atoms with Crippen molar-refractivity contribution in [2.75, 3.05) is 12.4 Å². The number of hydrogen-bond acceptors (Lipinski definition) is 5. The van der Waals surface area contributed by atoms with Crippen molar-refractivity contribution in [2.45, 2.75) is 6.54 Å². The molecule has 0 aliphatic heterocycles. The van der Waals surface area contributed by atoms with E-state index in [9.17, 15) is 4.79 Å². The maximum Gasteiger partial charge on any atom is 0.270 e. The third-order valence-electron chi connectivity index (χ3n) is 4.52. The number of pyridine rings is 2. The topological polar surface area (TPSA) is 76.1 Å². The monoisotopic (exact) mass is 384 g/mol. The number of carbonyl (C=O) groups is 1. The van der Waals surface area contributed by atoms with E-state index < -0.39 is 0 Å². The molecule has 2 N–H and O–H groups in total. The molecule has 6 heteroatoms. The number of carbonyl (C=O) groups excluding carboxylic acids is 1. The van der Waals surface area contributed by atoms with Crippen LogP contribution < -0.4 is 15.4 Å². The molecule has 4 aromatic rings. The van der Waals surface area contributed by atoms with Crippen LogP contribution in [0.25, 0.3) is 10.8 Å². The Morgan fingerprint density at radius 1 is 0.966 bits per heavy atom. The van der Waals surface area contributed by atoms with Crippen molar-refractivity contribution in [2.24, 2.45) is 0 Å². The molecule has 6 nitrogen and oxygen atoms in total. The van der Waals surface area contributed by atoms with E-state index in [-0.39, 0.29) is 5.91 Å². The summed E-state index contributed by atoms with van der Waals surface area (Å²) in [5.74, 6) is 1.21. The van der Waals surface area contributed by atoms with Crippen LogP contribution in [0, 0.1) is 0 Å². The van der Waals surface area contributed by atoms with E-state index in [0.717, 1.165) is 27.8 Å². The van der Waals surface area contributed by atoms with Crippen LogP contribution >= 0.6 is 0 Å². The minimum Gasteiger partial charge on any atom is -0.497 e. The molecule has 2 heterocycles. The van der Waals surface area contributed by atoms with Crippen molar-refractivity contribution < 1.29 is 9.53 Å². The number of aromatic nitrogens is 2. The number of nitrogens with zero attached hydrogens (tertiary/aromatic N) is 2. The largest absolute Gasteiger partial charge is 0.497 e. The van der Waals surface area contributed by atoms with Gasteiger partial charge < -0.3 is 15.4 Å². The Balaban J connectivity index is 1.53. The van der Waals surface area contributed by atoms with Gasteiger partial charge in [-0.2, -0.15) is 0 Å². The lowest BCUT2D eigenvalue weighted by atomic mass is 10.1. The molecule has 1 amide bonds. The van der Waals surface area contributed by atoms with Crippen molar-refractivity contribution >= 4 is 28.2 Å². The summed E-state index contributed by atoms with van der Waals surface area (Å²) in [5.41, 5.74) is 2.10. The minimum atomic E-state index is -0.231. The molecule has 0 saturated heterocycles. The van der Waals surface area contributed by atoms with Crippen LogP contribution in [0.2, 0.25) is 0 Å². The molecule has 0 unspecified atom stereocenters. The molecule has 0 aliphatic carbocycles. The second-order valence-electron chi connectivity index (χ2n) is 6.47. The van der Waals surface area contributed by atoms with Gasteiger partial charge >= 0.3 is 0 Å². The number of methoxy groups -OCH3 is 1. The van der Waals surface area contributed by atoms with Gasteiger partial charge in [-0.15, -0.1) is 0 Å². The van der Waals surface area contributed by atoms with Gasteiger partial charge in [0.1, 0.15) is 17.3 Å². The van der Waals surface area contributed by atoms with Gasteiger partial charge in [0.25, 0.3) is 5.91 Å². The first kappa shape index (κ1) is 18.4. The van der Waals surface area contributed by atoms with Gasteiger partial charge in [0.05, 0.1) is 7.11 Å². The summed E-state index contributed by atoms with van der Waals surface area (Å²) in [4.78, 5) is 21.1. The highest BCUT2D eigenvalue weighted by Gasteiger charge is 2.10. The highest BCUT2D eigenvalue weighted by atomic mass is 16.5.